The van der Waals surface area contributed by atoms with Gasteiger partial charge < -0.3 is 15.5 Å². The highest BCUT2D eigenvalue weighted by Crippen LogP contribution is 2.38. The van der Waals surface area contributed by atoms with E-state index in [4.69, 9.17) is 16.3 Å². The van der Waals surface area contributed by atoms with Crippen LogP contribution in [0.25, 0.3) is 0 Å². The molecular formula is C22H24ClN5O2S. The van der Waals surface area contributed by atoms with E-state index in [1.807, 2.05) is 61.8 Å². The summed E-state index contributed by atoms with van der Waals surface area (Å²) in [6.07, 6.45) is 0.731. The zero-order chi connectivity index (χ0) is 22.0. The summed E-state index contributed by atoms with van der Waals surface area (Å²) in [5, 5.41) is 12.4. The van der Waals surface area contributed by atoms with Crippen molar-refractivity contribution in [3.8, 4) is 5.75 Å². The maximum Gasteiger partial charge on any atom is 0.240 e. The molecule has 2 aromatic carbocycles. The van der Waals surface area contributed by atoms with Crippen molar-refractivity contribution in [2.24, 2.45) is 0 Å². The van der Waals surface area contributed by atoms with Crippen LogP contribution in [-0.2, 0) is 11.2 Å². The molecule has 31 heavy (non-hydrogen) atoms. The standard InChI is InChI=1S/C22H24ClN5O2S/c1-4-18-25-26-22-28(18)27-19(14-9-11-15(12-10-14)30-5-2)20(31-22)21(29)24-17-8-6-7-16(23)13(17)3/h6-12,19-20,27H,4-5H2,1-3H3,(H,24,29)/t19-,20-/m0/s1. The first-order chi connectivity index (χ1) is 15.0. The first-order valence-electron chi connectivity index (χ1n) is 10.2. The van der Waals surface area contributed by atoms with Crippen LogP contribution in [0.1, 0.15) is 36.8 Å². The maximum absolute atomic E-state index is 13.4. The predicted octanol–water partition coefficient (Wildman–Crippen LogP) is 4.60. The summed E-state index contributed by atoms with van der Waals surface area (Å²) in [6, 6.07) is 13.0. The molecule has 4 rings (SSSR count). The normalized spacial score (nSPS) is 17.5. The molecule has 0 fully saturated rings. The Morgan fingerprint density at radius 2 is 2.00 bits per heavy atom. The maximum atomic E-state index is 13.4. The summed E-state index contributed by atoms with van der Waals surface area (Å²) in [6.45, 7) is 6.46. The Balaban J connectivity index is 1.66. The van der Waals surface area contributed by atoms with Gasteiger partial charge in [-0.3, -0.25) is 4.79 Å². The first-order valence-corrected chi connectivity index (χ1v) is 11.4. The molecule has 1 aromatic heterocycles. The molecular weight excluding hydrogens is 434 g/mol. The fraction of sp³-hybridized carbons (Fsp3) is 0.318. The van der Waals surface area contributed by atoms with E-state index < -0.39 is 5.25 Å². The fourth-order valence-corrected chi connectivity index (χ4v) is 4.74. The van der Waals surface area contributed by atoms with Crippen LogP contribution in [0.15, 0.2) is 47.6 Å². The molecule has 1 aliphatic rings. The number of nitrogens with one attached hydrogen (secondary N) is 2. The number of hydrogen-bond acceptors (Lipinski definition) is 6. The average Bonchev–Trinajstić information content (AvgIpc) is 3.19. The van der Waals surface area contributed by atoms with Gasteiger partial charge in [-0.05, 0) is 49.2 Å². The summed E-state index contributed by atoms with van der Waals surface area (Å²) in [5.74, 6) is 1.49. The Morgan fingerprint density at radius 1 is 1.23 bits per heavy atom. The number of aromatic nitrogens is 3. The monoisotopic (exact) mass is 457 g/mol. The van der Waals surface area contributed by atoms with Gasteiger partial charge in [-0.15, -0.1) is 10.2 Å². The van der Waals surface area contributed by atoms with Crippen molar-refractivity contribution in [2.75, 3.05) is 17.3 Å². The molecule has 0 unspecified atom stereocenters. The number of thioether (sulfide) groups is 1. The summed E-state index contributed by atoms with van der Waals surface area (Å²) < 4.78 is 7.44. The minimum Gasteiger partial charge on any atom is -0.494 e. The number of nitrogens with zero attached hydrogens (tertiary/aromatic N) is 3. The van der Waals surface area contributed by atoms with E-state index in [1.54, 1.807) is 6.07 Å². The second kappa shape index (κ2) is 9.20. The quantitative estimate of drug-likeness (QED) is 0.563. The van der Waals surface area contributed by atoms with Crippen molar-refractivity contribution in [3.05, 3.63) is 64.4 Å². The molecule has 0 spiro atoms. The topological polar surface area (TPSA) is 81.1 Å². The zero-order valence-corrected chi connectivity index (χ0v) is 19.1. The third kappa shape index (κ3) is 4.36. The van der Waals surface area contributed by atoms with Crippen molar-refractivity contribution in [2.45, 2.75) is 43.6 Å². The lowest BCUT2D eigenvalue weighted by atomic mass is 10.0. The molecule has 0 saturated carbocycles. The number of halogens is 1. The highest BCUT2D eigenvalue weighted by atomic mass is 35.5. The van der Waals surface area contributed by atoms with Crippen LogP contribution < -0.4 is 15.5 Å². The Bertz CT molecular complexity index is 1090. The molecule has 3 aromatic rings. The summed E-state index contributed by atoms with van der Waals surface area (Å²) in [7, 11) is 0. The van der Waals surface area contributed by atoms with Crippen LogP contribution in [0.4, 0.5) is 5.69 Å². The first kappa shape index (κ1) is 21.5. The number of ether oxygens (including phenoxy) is 1. The van der Waals surface area contributed by atoms with Gasteiger partial charge in [0.05, 0.1) is 12.6 Å². The smallest absolute Gasteiger partial charge is 0.240 e. The van der Waals surface area contributed by atoms with E-state index in [0.717, 1.165) is 29.1 Å². The number of rotatable bonds is 6. The van der Waals surface area contributed by atoms with E-state index in [0.29, 0.717) is 22.5 Å². The Hall–Kier alpha value is -2.71. The second-order valence-electron chi connectivity index (χ2n) is 7.14. The zero-order valence-electron chi connectivity index (χ0n) is 17.6. The third-order valence-electron chi connectivity index (χ3n) is 5.15. The number of amides is 1. The van der Waals surface area contributed by atoms with Crippen LogP contribution in [0.2, 0.25) is 5.02 Å². The molecule has 0 saturated heterocycles. The minimum absolute atomic E-state index is 0.131. The average molecular weight is 458 g/mol. The molecule has 0 bridgehead atoms. The number of fused-ring (bicyclic) bond motifs is 1. The van der Waals surface area contributed by atoms with Gasteiger partial charge in [0.2, 0.25) is 11.1 Å². The SMILES string of the molecule is CCOc1ccc([C@@H]2Nn3c(CC)nnc3S[C@@H]2C(=O)Nc2cccc(Cl)c2C)cc1. The number of anilines is 1. The lowest BCUT2D eigenvalue weighted by molar-refractivity contribution is -0.116. The van der Waals surface area contributed by atoms with Crippen LogP contribution in [0.5, 0.6) is 5.75 Å². The molecule has 2 heterocycles. The Labute approximate surface area is 190 Å². The Morgan fingerprint density at radius 3 is 2.71 bits per heavy atom. The van der Waals surface area contributed by atoms with Gasteiger partial charge in [0.25, 0.3) is 0 Å². The lowest BCUT2D eigenvalue weighted by Crippen LogP contribution is -2.41. The highest BCUT2D eigenvalue weighted by molar-refractivity contribution is 8.00. The predicted molar refractivity (Wildman–Crippen MR) is 124 cm³/mol. The van der Waals surface area contributed by atoms with Gasteiger partial charge in [-0.2, -0.15) is 0 Å². The Kier molecular flexibility index (Phi) is 6.38. The van der Waals surface area contributed by atoms with Crippen molar-refractivity contribution in [1.82, 2.24) is 14.9 Å². The largest absolute Gasteiger partial charge is 0.494 e. The van der Waals surface area contributed by atoms with E-state index in [-0.39, 0.29) is 11.9 Å². The van der Waals surface area contributed by atoms with Gasteiger partial charge >= 0.3 is 0 Å². The van der Waals surface area contributed by atoms with Gasteiger partial charge in [0.1, 0.15) is 11.0 Å². The minimum atomic E-state index is -0.460. The summed E-state index contributed by atoms with van der Waals surface area (Å²) in [5.41, 5.74) is 5.96. The van der Waals surface area contributed by atoms with Crippen molar-refractivity contribution in [1.29, 1.82) is 0 Å². The molecule has 0 radical (unpaired) electrons. The van der Waals surface area contributed by atoms with Crippen LogP contribution in [0, 0.1) is 6.92 Å². The third-order valence-corrected chi connectivity index (χ3v) is 6.78. The number of aryl methyl sites for hydroxylation is 1. The number of carbonyl (C=O) groups is 1. The van der Waals surface area contributed by atoms with Crippen LogP contribution in [-0.4, -0.2) is 32.6 Å². The summed E-state index contributed by atoms with van der Waals surface area (Å²) >= 11 is 7.63. The second-order valence-corrected chi connectivity index (χ2v) is 8.65. The number of benzene rings is 2. The van der Waals surface area contributed by atoms with Gasteiger partial charge in [-0.25, -0.2) is 4.68 Å². The number of hydrogen-bond donors (Lipinski definition) is 2. The van der Waals surface area contributed by atoms with Crippen molar-refractivity contribution < 1.29 is 9.53 Å². The van der Waals surface area contributed by atoms with E-state index in [1.165, 1.54) is 11.8 Å². The van der Waals surface area contributed by atoms with E-state index in [2.05, 4.69) is 20.9 Å². The molecule has 1 aliphatic heterocycles. The molecule has 1 amide bonds. The van der Waals surface area contributed by atoms with Gasteiger partial charge in [-0.1, -0.05) is 48.5 Å². The summed E-state index contributed by atoms with van der Waals surface area (Å²) in [4.78, 5) is 13.4. The molecule has 9 heteroatoms. The fourth-order valence-electron chi connectivity index (χ4n) is 3.46. The van der Waals surface area contributed by atoms with Gasteiger partial charge in [0.15, 0.2) is 5.82 Å². The van der Waals surface area contributed by atoms with Crippen molar-refractivity contribution >= 4 is 35.0 Å². The lowest BCUT2D eigenvalue weighted by Gasteiger charge is -2.33. The molecule has 7 nitrogen and oxygen atoms in total. The van der Waals surface area contributed by atoms with Crippen molar-refractivity contribution in [3.63, 3.8) is 0 Å². The molecule has 162 valence electrons. The number of carbonyl (C=O) groups excluding carboxylic acids is 1. The van der Waals surface area contributed by atoms with Crippen LogP contribution in [0.3, 0.4) is 0 Å². The molecule has 2 atom stereocenters. The van der Waals surface area contributed by atoms with Crippen LogP contribution >= 0.6 is 23.4 Å². The molecule has 2 N–H and O–H groups in total. The van der Waals surface area contributed by atoms with E-state index in [9.17, 15) is 4.79 Å². The van der Waals surface area contributed by atoms with E-state index >= 15 is 0 Å². The molecule has 0 aliphatic carbocycles. The highest BCUT2D eigenvalue weighted by Gasteiger charge is 2.37. The van der Waals surface area contributed by atoms with Gasteiger partial charge in [0, 0.05) is 17.1 Å².